The predicted molar refractivity (Wildman–Crippen MR) is 100 cm³/mol. The van der Waals surface area contributed by atoms with Gasteiger partial charge in [0.05, 0.1) is 6.61 Å². The highest BCUT2D eigenvalue weighted by Gasteiger charge is 2.30. The minimum absolute atomic E-state index is 0.130. The first-order valence-electron chi connectivity index (χ1n) is 9.60. The topological polar surface area (TPSA) is 53.1 Å². The maximum Gasteiger partial charge on any atom is 0.409 e. The fourth-order valence-corrected chi connectivity index (χ4v) is 3.88. The van der Waals surface area contributed by atoms with E-state index in [0.29, 0.717) is 12.6 Å². The van der Waals surface area contributed by atoms with Gasteiger partial charge in [-0.1, -0.05) is 17.7 Å². The van der Waals surface area contributed by atoms with E-state index in [4.69, 9.17) is 4.74 Å². The zero-order valence-corrected chi connectivity index (χ0v) is 15.8. The number of ether oxygens (including phenoxy) is 1. The van der Waals surface area contributed by atoms with Crippen molar-refractivity contribution in [2.24, 2.45) is 0 Å². The van der Waals surface area contributed by atoms with Crippen LogP contribution in [0.5, 0.6) is 0 Å². The molecule has 2 amide bonds. The standard InChI is InChI=1S/C20H29N3O3/c1-3-26-20(25)23-9-7-18(8-10-23)21-11-13-22(14-12-21)19(24)17-6-4-5-16(2)15-17/h4-6,15,18H,3,7-14H2,1-2H3. The lowest BCUT2D eigenvalue weighted by Gasteiger charge is -2.42. The molecule has 6 nitrogen and oxygen atoms in total. The van der Waals surface area contributed by atoms with Crippen LogP contribution in [0, 0.1) is 6.92 Å². The third-order valence-corrected chi connectivity index (χ3v) is 5.37. The zero-order chi connectivity index (χ0) is 18.5. The molecule has 0 unspecified atom stereocenters. The molecule has 2 saturated heterocycles. The van der Waals surface area contributed by atoms with Gasteiger partial charge in [0, 0.05) is 50.9 Å². The summed E-state index contributed by atoms with van der Waals surface area (Å²) >= 11 is 0. The second-order valence-electron chi connectivity index (χ2n) is 7.11. The second kappa shape index (κ2) is 8.54. The Labute approximate surface area is 155 Å². The van der Waals surface area contributed by atoms with Gasteiger partial charge in [0.1, 0.15) is 0 Å². The molecule has 1 aromatic rings. The first-order valence-corrected chi connectivity index (χ1v) is 9.60. The number of amides is 2. The van der Waals surface area contributed by atoms with E-state index in [-0.39, 0.29) is 12.0 Å². The zero-order valence-electron chi connectivity index (χ0n) is 15.8. The molecule has 2 aliphatic heterocycles. The Morgan fingerprint density at radius 1 is 1.04 bits per heavy atom. The molecule has 2 heterocycles. The van der Waals surface area contributed by atoms with Crippen molar-refractivity contribution < 1.29 is 14.3 Å². The van der Waals surface area contributed by atoms with Gasteiger partial charge in [0.25, 0.3) is 5.91 Å². The van der Waals surface area contributed by atoms with Gasteiger partial charge in [-0.25, -0.2) is 4.79 Å². The van der Waals surface area contributed by atoms with Crippen LogP contribution in [-0.4, -0.2) is 78.6 Å². The van der Waals surface area contributed by atoms with Gasteiger partial charge in [0.15, 0.2) is 0 Å². The number of benzene rings is 1. The first kappa shape index (κ1) is 18.7. The number of rotatable bonds is 3. The van der Waals surface area contributed by atoms with E-state index < -0.39 is 0 Å². The summed E-state index contributed by atoms with van der Waals surface area (Å²) < 4.78 is 5.08. The largest absolute Gasteiger partial charge is 0.450 e. The van der Waals surface area contributed by atoms with Crippen molar-refractivity contribution in [1.82, 2.24) is 14.7 Å². The van der Waals surface area contributed by atoms with Crippen LogP contribution >= 0.6 is 0 Å². The Morgan fingerprint density at radius 2 is 1.73 bits per heavy atom. The van der Waals surface area contributed by atoms with Crippen molar-refractivity contribution in [3.8, 4) is 0 Å². The Kier molecular flexibility index (Phi) is 6.14. The number of aryl methyl sites for hydroxylation is 1. The molecule has 0 atom stereocenters. The molecule has 142 valence electrons. The third kappa shape index (κ3) is 4.36. The average molecular weight is 359 g/mol. The van der Waals surface area contributed by atoms with E-state index in [9.17, 15) is 9.59 Å². The van der Waals surface area contributed by atoms with E-state index in [2.05, 4.69) is 4.90 Å². The van der Waals surface area contributed by atoms with Crippen LogP contribution in [0.1, 0.15) is 35.7 Å². The maximum absolute atomic E-state index is 12.7. The predicted octanol–water partition coefficient (Wildman–Crippen LogP) is 2.37. The minimum Gasteiger partial charge on any atom is -0.450 e. The molecule has 6 heteroatoms. The van der Waals surface area contributed by atoms with Crippen LogP contribution in [0.15, 0.2) is 24.3 Å². The molecule has 0 saturated carbocycles. The molecule has 0 bridgehead atoms. The normalized spacial score (nSPS) is 19.5. The van der Waals surface area contributed by atoms with Crippen LogP contribution in [-0.2, 0) is 4.74 Å². The lowest BCUT2D eigenvalue weighted by atomic mass is 10.0. The fourth-order valence-electron chi connectivity index (χ4n) is 3.88. The molecule has 0 radical (unpaired) electrons. The lowest BCUT2D eigenvalue weighted by Crippen LogP contribution is -2.54. The van der Waals surface area contributed by atoms with Crippen LogP contribution < -0.4 is 0 Å². The van der Waals surface area contributed by atoms with Crippen LogP contribution in [0.3, 0.4) is 0 Å². The van der Waals surface area contributed by atoms with E-state index >= 15 is 0 Å². The summed E-state index contributed by atoms with van der Waals surface area (Å²) in [5.74, 6) is 0.130. The van der Waals surface area contributed by atoms with Gasteiger partial charge < -0.3 is 14.5 Å². The summed E-state index contributed by atoms with van der Waals surface area (Å²) in [6, 6.07) is 8.30. The highest BCUT2D eigenvalue weighted by molar-refractivity contribution is 5.94. The van der Waals surface area contributed by atoms with Crippen molar-refractivity contribution in [3.05, 3.63) is 35.4 Å². The summed E-state index contributed by atoms with van der Waals surface area (Å²) in [6.45, 7) is 9.13. The van der Waals surface area contributed by atoms with Gasteiger partial charge in [-0.15, -0.1) is 0 Å². The number of likely N-dealkylation sites (tertiary alicyclic amines) is 1. The number of carbonyl (C=O) groups is 2. The third-order valence-electron chi connectivity index (χ3n) is 5.37. The summed E-state index contributed by atoms with van der Waals surface area (Å²) in [7, 11) is 0. The Hall–Kier alpha value is -2.08. The van der Waals surface area contributed by atoms with E-state index in [1.807, 2.05) is 43.0 Å². The molecular formula is C20H29N3O3. The second-order valence-corrected chi connectivity index (χ2v) is 7.11. The van der Waals surface area contributed by atoms with Crippen molar-refractivity contribution in [2.45, 2.75) is 32.7 Å². The molecule has 0 spiro atoms. The number of hydrogen-bond acceptors (Lipinski definition) is 4. The van der Waals surface area contributed by atoms with E-state index in [1.165, 1.54) is 0 Å². The lowest BCUT2D eigenvalue weighted by molar-refractivity contribution is 0.0417. The Balaban J connectivity index is 1.47. The fraction of sp³-hybridized carbons (Fsp3) is 0.600. The van der Waals surface area contributed by atoms with Gasteiger partial charge in [-0.3, -0.25) is 9.69 Å². The molecule has 0 aliphatic carbocycles. The molecule has 0 aromatic heterocycles. The van der Waals surface area contributed by atoms with Crippen molar-refractivity contribution in [2.75, 3.05) is 45.9 Å². The molecular weight excluding hydrogens is 330 g/mol. The highest BCUT2D eigenvalue weighted by Crippen LogP contribution is 2.20. The summed E-state index contributed by atoms with van der Waals surface area (Å²) in [4.78, 5) is 30.7. The SMILES string of the molecule is CCOC(=O)N1CCC(N2CCN(C(=O)c3cccc(C)c3)CC2)CC1. The summed E-state index contributed by atoms with van der Waals surface area (Å²) in [5.41, 5.74) is 1.89. The smallest absolute Gasteiger partial charge is 0.409 e. The quantitative estimate of drug-likeness (QED) is 0.831. The number of carbonyl (C=O) groups excluding carboxylic acids is 2. The summed E-state index contributed by atoms with van der Waals surface area (Å²) in [5, 5.41) is 0. The molecule has 1 aromatic carbocycles. The summed E-state index contributed by atoms with van der Waals surface area (Å²) in [6.07, 6.45) is 1.76. The van der Waals surface area contributed by atoms with E-state index in [1.54, 1.807) is 4.90 Å². The maximum atomic E-state index is 12.7. The van der Waals surface area contributed by atoms with Crippen molar-refractivity contribution in [3.63, 3.8) is 0 Å². The minimum atomic E-state index is -0.195. The van der Waals surface area contributed by atoms with Gasteiger partial charge >= 0.3 is 6.09 Å². The Morgan fingerprint density at radius 3 is 2.35 bits per heavy atom. The van der Waals surface area contributed by atoms with Gasteiger partial charge in [-0.05, 0) is 38.8 Å². The average Bonchev–Trinajstić information content (AvgIpc) is 2.68. The molecule has 3 rings (SSSR count). The van der Waals surface area contributed by atoms with Gasteiger partial charge in [0.2, 0.25) is 0 Å². The monoisotopic (exact) mass is 359 g/mol. The van der Waals surface area contributed by atoms with Crippen molar-refractivity contribution >= 4 is 12.0 Å². The number of piperazine rings is 1. The van der Waals surface area contributed by atoms with Crippen LogP contribution in [0.2, 0.25) is 0 Å². The van der Waals surface area contributed by atoms with E-state index in [0.717, 1.165) is 63.2 Å². The Bertz CT molecular complexity index is 633. The van der Waals surface area contributed by atoms with Gasteiger partial charge in [-0.2, -0.15) is 0 Å². The number of piperidine rings is 1. The molecule has 26 heavy (non-hydrogen) atoms. The molecule has 0 N–H and O–H groups in total. The van der Waals surface area contributed by atoms with Crippen LogP contribution in [0.25, 0.3) is 0 Å². The first-order chi connectivity index (χ1) is 12.6. The van der Waals surface area contributed by atoms with Crippen LogP contribution in [0.4, 0.5) is 4.79 Å². The van der Waals surface area contributed by atoms with Crippen molar-refractivity contribution in [1.29, 1.82) is 0 Å². The number of hydrogen-bond donors (Lipinski definition) is 0. The molecule has 2 fully saturated rings. The number of nitrogens with zero attached hydrogens (tertiary/aromatic N) is 3. The molecule has 2 aliphatic rings. The highest BCUT2D eigenvalue weighted by atomic mass is 16.6.